The Morgan fingerprint density at radius 2 is 1.58 bits per heavy atom. The van der Waals surface area contributed by atoms with Crippen molar-refractivity contribution in [2.75, 3.05) is 44.7 Å². The van der Waals surface area contributed by atoms with Gasteiger partial charge in [0.1, 0.15) is 0 Å². The van der Waals surface area contributed by atoms with Gasteiger partial charge in [0.05, 0.1) is 13.2 Å². The third-order valence-electron chi connectivity index (χ3n) is 6.03. The highest BCUT2D eigenvalue weighted by atomic mass is 32.1. The highest BCUT2D eigenvalue weighted by molar-refractivity contribution is 7.80. The summed E-state index contributed by atoms with van der Waals surface area (Å²) in [5, 5.41) is 4.23. The first-order valence-corrected chi connectivity index (χ1v) is 12.2. The topological polar surface area (TPSA) is 27.7 Å². The molecular weight excluding hydrogens is 426 g/mol. The van der Waals surface area contributed by atoms with Gasteiger partial charge in [0.15, 0.2) is 5.11 Å². The molecule has 4 rings (SSSR count). The first-order chi connectivity index (χ1) is 16.2. The number of morpholine rings is 1. The Hall–Kier alpha value is -2.73. The molecule has 0 saturated carbocycles. The van der Waals surface area contributed by atoms with Gasteiger partial charge < -0.3 is 15.0 Å². The minimum atomic E-state index is 0.769. The van der Waals surface area contributed by atoms with Crippen LogP contribution >= 0.6 is 12.2 Å². The van der Waals surface area contributed by atoms with Gasteiger partial charge in [-0.15, -0.1) is 0 Å². The standard InChI is InChI=1S/C28H33N3OS/c1-23-8-10-24(11-9-23)22-31(17-5-16-30-18-20-32-21-19-30)28(33)29-27-14-12-26(13-15-27)25-6-3-2-4-7-25/h2-4,6-15H,5,16-22H2,1H3,(H,29,33). The summed E-state index contributed by atoms with van der Waals surface area (Å²) in [6, 6.07) is 27.6. The van der Waals surface area contributed by atoms with Crippen molar-refractivity contribution in [3.05, 3.63) is 90.0 Å². The molecule has 0 spiro atoms. The van der Waals surface area contributed by atoms with E-state index in [9.17, 15) is 0 Å². The number of benzene rings is 3. The van der Waals surface area contributed by atoms with Crippen LogP contribution in [0.1, 0.15) is 17.5 Å². The Bertz CT molecular complexity index is 1000. The van der Waals surface area contributed by atoms with E-state index >= 15 is 0 Å². The molecule has 1 aliphatic heterocycles. The molecule has 0 amide bonds. The maximum absolute atomic E-state index is 5.86. The number of ether oxygens (including phenoxy) is 1. The van der Waals surface area contributed by atoms with E-state index in [1.165, 1.54) is 22.3 Å². The van der Waals surface area contributed by atoms with Crippen LogP contribution < -0.4 is 5.32 Å². The van der Waals surface area contributed by atoms with E-state index in [-0.39, 0.29) is 0 Å². The monoisotopic (exact) mass is 459 g/mol. The van der Waals surface area contributed by atoms with Gasteiger partial charge in [-0.25, -0.2) is 0 Å². The molecule has 1 heterocycles. The molecule has 5 heteroatoms. The number of anilines is 1. The lowest BCUT2D eigenvalue weighted by molar-refractivity contribution is 0.0368. The number of hydrogen-bond donors (Lipinski definition) is 1. The quantitative estimate of drug-likeness (QED) is 0.444. The predicted molar refractivity (Wildman–Crippen MR) is 142 cm³/mol. The highest BCUT2D eigenvalue weighted by Gasteiger charge is 2.14. The van der Waals surface area contributed by atoms with Gasteiger partial charge in [-0.3, -0.25) is 4.90 Å². The summed E-state index contributed by atoms with van der Waals surface area (Å²) in [5.74, 6) is 0. The van der Waals surface area contributed by atoms with Gasteiger partial charge in [0.2, 0.25) is 0 Å². The molecule has 0 atom stereocenters. The van der Waals surface area contributed by atoms with E-state index in [1.807, 2.05) is 6.07 Å². The average Bonchev–Trinajstić information content (AvgIpc) is 2.86. The fourth-order valence-electron chi connectivity index (χ4n) is 4.06. The second-order valence-electron chi connectivity index (χ2n) is 8.59. The molecule has 1 aliphatic rings. The number of aryl methyl sites for hydroxylation is 1. The zero-order valence-electron chi connectivity index (χ0n) is 19.4. The second kappa shape index (κ2) is 11.9. The third-order valence-corrected chi connectivity index (χ3v) is 6.39. The van der Waals surface area contributed by atoms with Gasteiger partial charge in [0, 0.05) is 38.4 Å². The van der Waals surface area contributed by atoms with Crippen molar-refractivity contribution in [2.45, 2.75) is 19.9 Å². The van der Waals surface area contributed by atoms with Crippen molar-refractivity contribution in [3.8, 4) is 11.1 Å². The van der Waals surface area contributed by atoms with Crippen LogP contribution in [0.3, 0.4) is 0 Å². The van der Waals surface area contributed by atoms with Crippen LogP contribution in [0.15, 0.2) is 78.9 Å². The minimum absolute atomic E-state index is 0.769. The van der Waals surface area contributed by atoms with Crippen LogP contribution in [0.25, 0.3) is 11.1 Å². The van der Waals surface area contributed by atoms with E-state index in [4.69, 9.17) is 17.0 Å². The van der Waals surface area contributed by atoms with Crippen molar-refractivity contribution in [3.63, 3.8) is 0 Å². The normalized spacial score (nSPS) is 14.1. The van der Waals surface area contributed by atoms with E-state index in [2.05, 4.69) is 94.8 Å². The maximum Gasteiger partial charge on any atom is 0.173 e. The lowest BCUT2D eigenvalue weighted by atomic mass is 10.1. The number of rotatable bonds is 8. The Labute approximate surface area is 203 Å². The number of nitrogens with one attached hydrogen (secondary N) is 1. The molecule has 1 fully saturated rings. The van der Waals surface area contributed by atoms with E-state index in [0.717, 1.165) is 63.2 Å². The molecule has 0 aromatic heterocycles. The summed E-state index contributed by atoms with van der Waals surface area (Å²) in [7, 11) is 0. The number of thiocarbonyl (C=S) groups is 1. The van der Waals surface area contributed by atoms with Crippen molar-refractivity contribution in [1.29, 1.82) is 0 Å². The molecule has 0 radical (unpaired) electrons. The molecule has 172 valence electrons. The lowest BCUT2D eigenvalue weighted by Gasteiger charge is -2.29. The van der Waals surface area contributed by atoms with Crippen LogP contribution in [-0.2, 0) is 11.3 Å². The van der Waals surface area contributed by atoms with Crippen LogP contribution in [0.2, 0.25) is 0 Å². The summed E-state index contributed by atoms with van der Waals surface area (Å²) in [6.07, 6.45) is 1.07. The van der Waals surface area contributed by atoms with E-state index in [1.54, 1.807) is 0 Å². The van der Waals surface area contributed by atoms with E-state index in [0.29, 0.717) is 0 Å². The SMILES string of the molecule is Cc1ccc(CN(CCCN2CCOCC2)C(=S)Nc2ccc(-c3ccccc3)cc2)cc1. The number of nitrogens with zero attached hydrogens (tertiary/aromatic N) is 2. The zero-order chi connectivity index (χ0) is 22.9. The summed E-state index contributed by atoms with van der Waals surface area (Å²) >= 11 is 5.86. The summed E-state index contributed by atoms with van der Waals surface area (Å²) in [6.45, 7) is 8.63. The van der Waals surface area contributed by atoms with Crippen LogP contribution in [0.4, 0.5) is 5.69 Å². The Morgan fingerprint density at radius 1 is 0.909 bits per heavy atom. The minimum Gasteiger partial charge on any atom is -0.379 e. The molecule has 3 aromatic carbocycles. The van der Waals surface area contributed by atoms with Crippen LogP contribution in [0, 0.1) is 6.92 Å². The van der Waals surface area contributed by atoms with Gasteiger partial charge in [-0.2, -0.15) is 0 Å². The molecule has 0 unspecified atom stereocenters. The van der Waals surface area contributed by atoms with Gasteiger partial charge in [-0.05, 0) is 54.4 Å². The average molecular weight is 460 g/mol. The highest BCUT2D eigenvalue weighted by Crippen LogP contribution is 2.21. The smallest absolute Gasteiger partial charge is 0.173 e. The Balaban J connectivity index is 1.39. The van der Waals surface area contributed by atoms with Crippen molar-refractivity contribution >= 4 is 23.0 Å². The molecule has 0 bridgehead atoms. The maximum atomic E-state index is 5.86. The van der Waals surface area contributed by atoms with Crippen molar-refractivity contribution in [2.24, 2.45) is 0 Å². The van der Waals surface area contributed by atoms with Gasteiger partial charge in [-0.1, -0.05) is 72.3 Å². The molecule has 4 nitrogen and oxygen atoms in total. The van der Waals surface area contributed by atoms with Crippen LogP contribution in [0.5, 0.6) is 0 Å². The van der Waals surface area contributed by atoms with Crippen LogP contribution in [-0.4, -0.2) is 54.3 Å². The molecule has 3 aromatic rings. The Morgan fingerprint density at radius 3 is 2.27 bits per heavy atom. The fourth-order valence-corrected chi connectivity index (χ4v) is 4.33. The predicted octanol–water partition coefficient (Wildman–Crippen LogP) is 5.58. The van der Waals surface area contributed by atoms with E-state index < -0.39 is 0 Å². The summed E-state index contributed by atoms with van der Waals surface area (Å²) in [5.41, 5.74) is 5.99. The van der Waals surface area contributed by atoms with Crippen molar-refractivity contribution in [1.82, 2.24) is 9.80 Å². The second-order valence-corrected chi connectivity index (χ2v) is 8.97. The summed E-state index contributed by atoms with van der Waals surface area (Å²) in [4.78, 5) is 4.76. The lowest BCUT2D eigenvalue weighted by Crippen LogP contribution is -2.40. The van der Waals surface area contributed by atoms with Gasteiger partial charge >= 0.3 is 0 Å². The molecule has 1 N–H and O–H groups in total. The Kier molecular flexibility index (Phi) is 8.47. The summed E-state index contributed by atoms with van der Waals surface area (Å²) < 4.78 is 5.47. The first-order valence-electron chi connectivity index (χ1n) is 11.7. The molecule has 0 aliphatic carbocycles. The molecule has 33 heavy (non-hydrogen) atoms. The largest absolute Gasteiger partial charge is 0.379 e. The third kappa shape index (κ3) is 7.13. The zero-order valence-corrected chi connectivity index (χ0v) is 20.2. The first kappa shape index (κ1) is 23.4. The molecular formula is C28H33N3OS. The molecule has 1 saturated heterocycles. The van der Waals surface area contributed by atoms with Gasteiger partial charge in [0.25, 0.3) is 0 Å². The van der Waals surface area contributed by atoms with Crippen molar-refractivity contribution < 1.29 is 4.74 Å². The number of hydrogen-bond acceptors (Lipinski definition) is 3. The fraction of sp³-hybridized carbons (Fsp3) is 0.321.